The van der Waals surface area contributed by atoms with Crippen LogP contribution in [-0.2, 0) is 16.6 Å². The summed E-state index contributed by atoms with van der Waals surface area (Å²) >= 11 is 0. The van der Waals surface area contributed by atoms with Crippen molar-refractivity contribution in [2.45, 2.75) is 89.6 Å². The van der Waals surface area contributed by atoms with Crippen molar-refractivity contribution in [1.29, 1.82) is 0 Å². The molecule has 0 amide bonds. The molecule has 4 aliphatic rings. The number of rotatable bonds is 7. The van der Waals surface area contributed by atoms with E-state index in [1.54, 1.807) is 17.8 Å². The quantitative estimate of drug-likeness (QED) is 0.782. The smallest absolute Gasteiger partial charge is 0.244 e. The molecule has 1 heterocycles. The van der Waals surface area contributed by atoms with Crippen LogP contribution in [0.2, 0.25) is 0 Å². The molecule has 5 nitrogen and oxygen atoms in total. The van der Waals surface area contributed by atoms with Crippen LogP contribution in [0.4, 0.5) is 0 Å². The van der Waals surface area contributed by atoms with Crippen LogP contribution in [-0.4, -0.2) is 24.2 Å². The summed E-state index contributed by atoms with van der Waals surface area (Å²) < 4.78 is 31.3. The SMILES string of the molecule is CCCC(NS(=O)(=O)c1cn(CC)nc1C)C12CC3CC(CC(C3)C1)C2. The normalized spacial score (nSPS) is 34.3. The van der Waals surface area contributed by atoms with Crippen molar-refractivity contribution < 1.29 is 8.42 Å². The Balaban J connectivity index is 1.62. The van der Waals surface area contributed by atoms with Gasteiger partial charge < -0.3 is 0 Å². The second-order valence-electron chi connectivity index (χ2n) is 9.18. The largest absolute Gasteiger partial charge is 0.271 e. The summed E-state index contributed by atoms with van der Waals surface area (Å²) in [4.78, 5) is 0.352. The standard InChI is InChI=1S/C20H33N3O2S/c1-4-6-19(20-10-15-7-16(11-20)9-17(8-15)12-20)22-26(24,25)18-13-23(5-2)21-14(18)3/h13,15-17,19,22H,4-12H2,1-3H3. The summed E-state index contributed by atoms with van der Waals surface area (Å²) in [6, 6.07) is 0.0651. The zero-order chi connectivity index (χ0) is 18.5. The molecule has 6 heteroatoms. The number of sulfonamides is 1. The Morgan fingerprint density at radius 3 is 2.23 bits per heavy atom. The Hall–Kier alpha value is -0.880. The van der Waals surface area contributed by atoms with Crippen LogP contribution >= 0.6 is 0 Å². The molecule has 0 spiro atoms. The van der Waals surface area contributed by atoms with Crippen molar-refractivity contribution in [2.75, 3.05) is 0 Å². The van der Waals surface area contributed by atoms with E-state index in [2.05, 4.69) is 16.7 Å². The Morgan fingerprint density at radius 1 is 1.19 bits per heavy atom. The lowest BCUT2D eigenvalue weighted by atomic mass is 9.47. The van der Waals surface area contributed by atoms with Gasteiger partial charge in [-0.25, -0.2) is 13.1 Å². The van der Waals surface area contributed by atoms with Crippen LogP contribution in [0.15, 0.2) is 11.1 Å². The van der Waals surface area contributed by atoms with Crippen molar-refractivity contribution in [3.8, 4) is 0 Å². The molecule has 4 saturated carbocycles. The van der Waals surface area contributed by atoms with Gasteiger partial charge in [0.1, 0.15) is 4.90 Å². The Labute approximate surface area is 158 Å². The fourth-order valence-electron chi connectivity index (χ4n) is 6.56. The average molecular weight is 380 g/mol. The molecule has 1 atom stereocenters. The van der Waals surface area contributed by atoms with Gasteiger partial charge in [-0.05, 0) is 82.0 Å². The first-order chi connectivity index (χ1) is 12.3. The Morgan fingerprint density at radius 2 is 1.77 bits per heavy atom. The number of hydrogen-bond acceptors (Lipinski definition) is 3. The van der Waals surface area contributed by atoms with Crippen molar-refractivity contribution in [2.24, 2.45) is 23.2 Å². The van der Waals surface area contributed by atoms with Crippen LogP contribution in [0.3, 0.4) is 0 Å². The van der Waals surface area contributed by atoms with Crippen LogP contribution < -0.4 is 4.72 Å². The number of nitrogens with one attached hydrogen (secondary N) is 1. The fraction of sp³-hybridized carbons (Fsp3) is 0.850. The molecule has 1 unspecified atom stereocenters. The molecule has 1 N–H and O–H groups in total. The van der Waals surface area contributed by atoms with Crippen LogP contribution in [0.5, 0.6) is 0 Å². The minimum Gasteiger partial charge on any atom is -0.271 e. The first kappa shape index (κ1) is 18.5. The predicted octanol–water partition coefficient (Wildman–Crippen LogP) is 3.87. The molecule has 0 saturated heterocycles. The first-order valence-corrected chi connectivity index (χ1v) is 11.9. The third-order valence-corrected chi connectivity index (χ3v) is 8.79. The van der Waals surface area contributed by atoms with Gasteiger partial charge in [-0.15, -0.1) is 0 Å². The molecular weight excluding hydrogens is 346 g/mol. The van der Waals surface area contributed by atoms with E-state index < -0.39 is 10.0 Å². The third kappa shape index (κ3) is 3.13. The summed E-state index contributed by atoms with van der Waals surface area (Å²) in [5, 5.41) is 4.34. The minimum absolute atomic E-state index is 0.0651. The first-order valence-electron chi connectivity index (χ1n) is 10.4. The van der Waals surface area contributed by atoms with Gasteiger partial charge in [-0.2, -0.15) is 5.10 Å². The lowest BCUT2D eigenvalue weighted by Gasteiger charge is -2.59. The number of hydrogen-bond donors (Lipinski definition) is 1. The van der Waals surface area contributed by atoms with E-state index in [0.717, 1.165) is 30.6 Å². The Bertz CT molecular complexity index is 733. The summed E-state index contributed by atoms with van der Waals surface area (Å²) in [6.45, 7) is 6.62. The van der Waals surface area contributed by atoms with Gasteiger partial charge in [-0.1, -0.05) is 13.3 Å². The molecule has 4 fully saturated rings. The molecule has 5 rings (SSSR count). The van der Waals surface area contributed by atoms with E-state index in [1.807, 2.05) is 6.92 Å². The summed E-state index contributed by atoms with van der Waals surface area (Å²) in [5.74, 6) is 2.49. The van der Waals surface area contributed by atoms with E-state index in [4.69, 9.17) is 0 Å². The third-order valence-electron chi connectivity index (χ3n) is 7.21. The second-order valence-corrected chi connectivity index (χ2v) is 10.9. The van der Waals surface area contributed by atoms with Gasteiger partial charge in [-0.3, -0.25) is 4.68 Å². The zero-order valence-electron chi connectivity index (χ0n) is 16.4. The molecular formula is C20H33N3O2S. The molecule has 0 aliphatic heterocycles. The van der Waals surface area contributed by atoms with Crippen LogP contribution in [0.1, 0.15) is 70.9 Å². The molecule has 0 aromatic carbocycles. The predicted molar refractivity (Wildman–Crippen MR) is 102 cm³/mol. The lowest BCUT2D eigenvalue weighted by molar-refractivity contribution is -0.0712. The molecule has 26 heavy (non-hydrogen) atoms. The molecule has 1 aromatic rings. The van der Waals surface area contributed by atoms with Gasteiger partial charge in [0.2, 0.25) is 10.0 Å². The van der Waals surface area contributed by atoms with E-state index in [1.165, 1.54) is 38.5 Å². The number of aryl methyl sites for hydroxylation is 2. The van der Waals surface area contributed by atoms with Crippen LogP contribution in [0.25, 0.3) is 0 Å². The second kappa shape index (κ2) is 6.62. The summed E-state index contributed by atoms with van der Waals surface area (Å²) in [7, 11) is -3.53. The molecule has 4 aliphatic carbocycles. The maximum absolute atomic E-state index is 13.2. The molecule has 4 bridgehead atoms. The average Bonchev–Trinajstić information content (AvgIpc) is 2.95. The fourth-order valence-corrected chi connectivity index (χ4v) is 8.12. The van der Waals surface area contributed by atoms with Crippen molar-refractivity contribution in [1.82, 2.24) is 14.5 Å². The molecule has 0 radical (unpaired) electrons. The Kier molecular flexibility index (Phi) is 4.71. The molecule has 1 aromatic heterocycles. The van der Waals surface area contributed by atoms with Crippen molar-refractivity contribution in [3.63, 3.8) is 0 Å². The summed E-state index contributed by atoms with van der Waals surface area (Å²) in [6.07, 6.45) is 11.4. The number of aromatic nitrogens is 2. The summed E-state index contributed by atoms with van der Waals surface area (Å²) in [5.41, 5.74) is 0.784. The van der Waals surface area contributed by atoms with Gasteiger partial charge in [0.25, 0.3) is 0 Å². The van der Waals surface area contributed by atoms with Crippen LogP contribution in [0, 0.1) is 30.1 Å². The van der Waals surface area contributed by atoms with Crippen molar-refractivity contribution >= 4 is 10.0 Å². The maximum Gasteiger partial charge on any atom is 0.244 e. The van der Waals surface area contributed by atoms with E-state index in [0.29, 0.717) is 17.1 Å². The maximum atomic E-state index is 13.2. The van der Waals surface area contributed by atoms with E-state index >= 15 is 0 Å². The highest BCUT2D eigenvalue weighted by molar-refractivity contribution is 7.89. The van der Waals surface area contributed by atoms with E-state index in [9.17, 15) is 8.42 Å². The molecule has 146 valence electrons. The highest BCUT2D eigenvalue weighted by Crippen LogP contribution is 2.61. The van der Waals surface area contributed by atoms with Gasteiger partial charge in [0.15, 0.2) is 0 Å². The van der Waals surface area contributed by atoms with Gasteiger partial charge in [0, 0.05) is 18.8 Å². The van der Waals surface area contributed by atoms with Gasteiger partial charge >= 0.3 is 0 Å². The highest BCUT2D eigenvalue weighted by atomic mass is 32.2. The van der Waals surface area contributed by atoms with Gasteiger partial charge in [0.05, 0.1) is 5.69 Å². The minimum atomic E-state index is -3.53. The monoisotopic (exact) mass is 379 g/mol. The highest BCUT2D eigenvalue weighted by Gasteiger charge is 2.54. The van der Waals surface area contributed by atoms with E-state index in [-0.39, 0.29) is 11.5 Å². The topological polar surface area (TPSA) is 64.0 Å². The number of nitrogens with zero attached hydrogens (tertiary/aromatic N) is 2. The lowest BCUT2D eigenvalue weighted by Crippen LogP contribution is -2.56. The van der Waals surface area contributed by atoms with Crippen molar-refractivity contribution in [3.05, 3.63) is 11.9 Å². The zero-order valence-corrected chi connectivity index (χ0v) is 17.2.